The molecule has 0 aliphatic carbocycles. The van der Waals surface area contributed by atoms with Gasteiger partial charge in [-0.3, -0.25) is 14.3 Å². The van der Waals surface area contributed by atoms with E-state index in [9.17, 15) is 14.0 Å². The highest BCUT2D eigenvalue weighted by molar-refractivity contribution is 6.04. The van der Waals surface area contributed by atoms with Gasteiger partial charge < -0.3 is 15.0 Å². The summed E-state index contributed by atoms with van der Waals surface area (Å²) in [5.74, 6) is -0.121. The molecule has 4 rings (SSSR count). The fraction of sp³-hybridized carbons (Fsp3) is 0.500. The molecule has 2 aliphatic rings. The maximum atomic E-state index is 13.1. The number of hydrogen-bond donors (Lipinski definition) is 1. The number of amides is 2. The Morgan fingerprint density at radius 2 is 1.93 bits per heavy atom. The molecule has 30 heavy (non-hydrogen) atoms. The topological polar surface area (TPSA) is 76.5 Å². The van der Waals surface area contributed by atoms with E-state index in [1.54, 1.807) is 17.9 Å². The van der Waals surface area contributed by atoms with Crippen LogP contribution in [0.25, 0.3) is 0 Å². The smallest absolute Gasteiger partial charge is 0.259 e. The average molecular weight is 414 g/mol. The number of likely N-dealkylation sites (tertiary alicyclic amines) is 1. The fourth-order valence-corrected chi connectivity index (χ4v) is 4.21. The van der Waals surface area contributed by atoms with Crippen molar-refractivity contribution in [2.24, 2.45) is 13.0 Å². The molecule has 2 amide bonds. The van der Waals surface area contributed by atoms with Gasteiger partial charge in [0.25, 0.3) is 11.8 Å². The number of nitrogens with zero attached hydrogens (tertiary/aromatic N) is 3. The Bertz CT molecular complexity index is 898. The largest absolute Gasteiger partial charge is 0.368 e. The maximum Gasteiger partial charge on any atom is 0.259 e. The van der Waals surface area contributed by atoms with Crippen molar-refractivity contribution in [3.63, 3.8) is 0 Å². The van der Waals surface area contributed by atoms with Crippen LogP contribution < -0.4 is 5.32 Å². The minimum atomic E-state index is -0.348. The molecule has 0 saturated carbocycles. The molecule has 2 aliphatic heterocycles. The molecule has 0 radical (unpaired) electrons. The van der Waals surface area contributed by atoms with Gasteiger partial charge in [0.1, 0.15) is 11.9 Å². The third kappa shape index (κ3) is 4.70. The van der Waals surface area contributed by atoms with E-state index in [1.807, 2.05) is 4.90 Å². The summed E-state index contributed by atoms with van der Waals surface area (Å²) in [4.78, 5) is 27.2. The van der Waals surface area contributed by atoms with Crippen LogP contribution in [0.5, 0.6) is 0 Å². The Morgan fingerprint density at radius 3 is 2.60 bits per heavy atom. The highest BCUT2D eigenvalue weighted by Crippen LogP contribution is 2.25. The molecular formula is C22H27FN4O3. The molecule has 3 heterocycles. The molecule has 8 heteroatoms. The normalized spacial score (nSPS) is 19.8. The van der Waals surface area contributed by atoms with E-state index in [-0.39, 0.29) is 23.7 Å². The van der Waals surface area contributed by atoms with Gasteiger partial charge in [-0.1, -0.05) is 0 Å². The summed E-state index contributed by atoms with van der Waals surface area (Å²) >= 11 is 0. The van der Waals surface area contributed by atoms with Crippen LogP contribution in [0, 0.1) is 11.7 Å². The minimum absolute atomic E-state index is 0.114. The highest BCUT2D eigenvalue weighted by atomic mass is 19.1. The molecule has 2 saturated heterocycles. The van der Waals surface area contributed by atoms with Crippen LogP contribution in [0.4, 0.5) is 10.1 Å². The lowest BCUT2D eigenvalue weighted by atomic mass is 9.91. The van der Waals surface area contributed by atoms with E-state index < -0.39 is 0 Å². The lowest BCUT2D eigenvalue weighted by Gasteiger charge is -2.33. The second-order valence-corrected chi connectivity index (χ2v) is 8.10. The van der Waals surface area contributed by atoms with Gasteiger partial charge in [0.2, 0.25) is 0 Å². The Labute approximate surface area is 175 Å². The van der Waals surface area contributed by atoms with Gasteiger partial charge in [0.15, 0.2) is 0 Å². The van der Waals surface area contributed by atoms with Gasteiger partial charge in [-0.2, -0.15) is 5.10 Å². The zero-order chi connectivity index (χ0) is 21.1. The summed E-state index contributed by atoms with van der Waals surface area (Å²) in [5, 5.41) is 7.30. The van der Waals surface area contributed by atoms with Gasteiger partial charge in [-0.05, 0) is 62.3 Å². The van der Waals surface area contributed by atoms with Crippen molar-refractivity contribution in [2.75, 3.05) is 25.0 Å². The first kappa shape index (κ1) is 20.5. The van der Waals surface area contributed by atoms with Crippen molar-refractivity contribution in [3.8, 4) is 0 Å². The van der Waals surface area contributed by atoms with Crippen molar-refractivity contribution in [1.82, 2.24) is 14.7 Å². The summed E-state index contributed by atoms with van der Waals surface area (Å²) in [5.41, 5.74) is 1.82. The molecule has 1 atom stereocenters. The number of carbonyl (C=O) groups is 2. The second kappa shape index (κ2) is 8.95. The van der Waals surface area contributed by atoms with Crippen molar-refractivity contribution in [2.45, 2.75) is 38.2 Å². The molecule has 0 spiro atoms. The van der Waals surface area contributed by atoms with Crippen LogP contribution >= 0.6 is 0 Å². The van der Waals surface area contributed by atoms with E-state index in [2.05, 4.69) is 10.4 Å². The molecule has 0 bridgehead atoms. The number of ether oxygens (including phenoxy) is 1. The summed E-state index contributed by atoms with van der Waals surface area (Å²) in [6, 6.07) is 5.69. The van der Waals surface area contributed by atoms with Crippen molar-refractivity contribution in [3.05, 3.63) is 47.5 Å². The summed E-state index contributed by atoms with van der Waals surface area (Å²) in [6.45, 7) is 2.11. The second-order valence-electron chi connectivity index (χ2n) is 8.10. The summed E-state index contributed by atoms with van der Waals surface area (Å²) in [6.07, 6.45) is 5.68. The third-order valence-corrected chi connectivity index (χ3v) is 5.87. The minimum Gasteiger partial charge on any atom is -0.368 e. The Hall–Kier alpha value is -2.74. The first-order valence-electron chi connectivity index (χ1n) is 10.5. The van der Waals surface area contributed by atoms with Gasteiger partial charge in [-0.15, -0.1) is 0 Å². The van der Waals surface area contributed by atoms with Crippen LogP contribution in [-0.4, -0.2) is 52.3 Å². The molecule has 7 nitrogen and oxygen atoms in total. The number of aryl methyl sites for hydroxylation is 1. The molecule has 2 aromatic rings. The number of hydrogen-bond acceptors (Lipinski definition) is 4. The lowest BCUT2D eigenvalue weighted by Crippen LogP contribution is -2.44. The average Bonchev–Trinajstić information content (AvgIpc) is 3.40. The molecule has 1 N–H and O–H groups in total. The lowest BCUT2D eigenvalue weighted by molar-refractivity contribution is -0.142. The van der Waals surface area contributed by atoms with Crippen molar-refractivity contribution in [1.29, 1.82) is 0 Å². The zero-order valence-electron chi connectivity index (χ0n) is 17.1. The Kier molecular flexibility index (Phi) is 6.13. The maximum absolute atomic E-state index is 13.1. The molecule has 160 valence electrons. The predicted octanol–water partition coefficient (Wildman–Crippen LogP) is 2.77. The van der Waals surface area contributed by atoms with Gasteiger partial charge in [-0.25, -0.2) is 4.39 Å². The van der Waals surface area contributed by atoms with E-state index >= 15 is 0 Å². The number of halogens is 1. The van der Waals surface area contributed by atoms with Crippen molar-refractivity contribution < 1.29 is 18.7 Å². The third-order valence-electron chi connectivity index (χ3n) is 5.87. The monoisotopic (exact) mass is 414 g/mol. The molecule has 1 aromatic carbocycles. The Balaban J connectivity index is 1.35. The highest BCUT2D eigenvalue weighted by Gasteiger charge is 2.31. The quantitative estimate of drug-likeness (QED) is 0.816. The summed E-state index contributed by atoms with van der Waals surface area (Å²) < 4.78 is 20.2. The number of aromatic nitrogens is 2. The van der Waals surface area contributed by atoms with Crippen LogP contribution in [-0.2, 0) is 23.0 Å². The molecular weight excluding hydrogens is 387 g/mol. The van der Waals surface area contributed by atoms with E-state index in [4.69, 9.17) is 4.74 Å². The first-order chi connectivity index (χ1) is 14.5. The molecule has 1 aromatic heterocycles. The number of anilines is 1. The van der Waals surface area contributed by atoms with Crippen LogP contribution in [0.1, 0.15) is 41.7 Å². The number of piperidine rings is 1. The van der Waals surface area contributed by atoms with Crippen LogP contribution in [0.3, 0.4) is 0 Å². The number of nitrogens with one attached hydrogen (secondary N) is 1. The van der Waals surface area contributed by atoms with E-state index in [0.29, 0.717) is 43.3 Å². The van der Waals surface area contributed by atoms with E-state index in [0.717, 1.165) is 31.4 Å². The SMILES string of the molecule is Cn1cc(C(=O)Nc2ccc(F)cc2)c(CC2CCN(C(=O)C3CCCO3)CC2)n1. The standard InChI is InChI=1S/C22H27FN4O3/c1-26-14-18(21(28)24-17-6-4-16(23)5-7-17)19(25-26)13-15-8-10-27(11-9-15)22(29)20-3-2-12-30-20/h4-7,14-15,20H,2-3,8-13H2,1H3,(H,24,28). The number of carbonyl (C=O) groups excluding carboxylic acids is 2. The predicted molar refractivity (Wildman–Crippen MR) is 110 cm³/mol. The first-order valence-corrected chi connectivity index (χ1v) is 10.5. The van der Waals surface area contributed by atoms with E-state index in [1.165, 1.54) is 24.3 Å². The molecule has 2 fully saturated rings. The van der Waals surface area contributed by atoms with Gasteiger partial charge >= 0.3 is 0 Å². The summed E-state index contributed by atoms with van der Waals surface area (Å²) in [7, 11) is 1.79. The van der Waals surface area contributed by atoms with Crippen molar-refractivity contribution >= 4 is 17.5 Å². The number of benzene rings is 1. The van der Waals surface area contributed by atoms with Gasteiger partial charge in [0.05, 0.1) is 11.3 Å². The van der Waals surface area contributed by atoms with Crippen LogP contribution in [0.15, 0.2) is 30.5 Å². The van der Waals surface area contributed by atoms with Crippen LogP contribution in [0.2, 0.25) is 0 Å². The Morgan fingerprint density at radius 1 is 1.20 bits per heavy atom. The fourth-order valence-electron chi connectivity index (χ4n) is 4.21. The molecule has 1 unspecified atom stereocenters. The van der Waals surface area contributed by atoms with Gasteiger partial charge in [0, 0.05) is 38.6 Å². The zero-order valence-corrected chi connectivity index (χ0v) is 17.1. The number of rotatable bonds is 5.